The summed E-state index contributed by atoms with van der Waals surface area (Å²) in [6, 6.07) is 2.42. The highest BCUT2D eigenvalue weighted by molar-refractivity contribution is 5.69. The van der Waals surface area contributed by atoms with Gasteiger partial charge in [0.2, 0.25) is 5.95 Å². The second kappa shape index (κ2) is 4.17. The molecule has 0 spiro atoms. The van der Waals surface area contributed by atoms with Crippen LogP contribution in [-0.2, 0) is 0 Å². The first-order valence-electron chi connectivity index (χ1n) is 5.48. The second-order valence-corrected chi connectivity index (χ2v) is 4.26. The molecular formula is C11H17N5. The van der Waals surface area contributed by atoms with E-state index in [1.165, 1.54) is 0 Å². The maximum atomic E-state index is 5.60. The van der Waals surface area contributed by atoms with E-state index in [9.17, 15) is 0 Å². The average molecular weight is 219 g/mol. The van der Waals surface area contributed by atoms with Crippen LogP contribution in [0.25, 0.3) is 0 Å². The van der Waals surface area contributed by atoms with Gasteiger partial charge in [-0.2, -0.15) is 0 Å². The molecule has 0 amide bonds. The number of aromatic nitrogens is 2. The molecule has 0 aliphatic carbocycles. The Kier molecular flexibility index (Phi) is 2.87. The standard InChI is InChI=1S/C11H17N5/c1-7(2)16-8(3)14-6-10(16)9-4-5-13-11(12)15-9/h4-8,10H,1-3H3,(H2,12,13,15). The molecule has 1 aromatic heterocycles. The molecule has 5 nitrogen and oxygen atoms in total. The molecule has 1 aliphatic heterocycles. The zero-order valence-electron chi connectivity index (χ0n) is 9.83. The van der Waals surface area contributed by atoms with Gasteiger partial charge in [0.25, 0.3) is 0 Å². The molecule has 0 aromatic carbocycles. The Labute approximate surface area is 95.4 Å². The monoisotopic (exact) mass is 219 g/mol. The normalized spacial score (nSPS) is 25.5. The van der Waals surface area contributed by atoms with E-state index >= 15 is 0 Å². The van der Waals surface area contributed by atoms with Crippen molar-refractivity contribution in [3.63, 3.8) is 0 Å². The van der Waals surface area contributed by atoms with Crippen molar-refractivity contribution >= 4 is 12.2 Å². The van der Waals surface area contributed by atoms with Crippen LogP contribution in [-0.4, -0.2) is 33.3 Å². The van der Waals surface area contributed by atoms with Gasteiger partial charge >= 0.3 is 0 Å². The molecule has 2 heterocycles. The van der Waals surface area contributed by atoms with E-state index < -0.39 is 0 Å². The molecule has 0 fully saturated rings. The SMILES string of the molecule is CC(C)N1C(C)N=CC1c1ccnc(N)n1. The first-order valence-corrected chi connectivity index (χ1v) is 5.48. The van der Waals surface area contributed by atoms with Gasteiger partial charge in [0.1, 0.15) is 0 Å². The predicted octanol–water partition coefficient (Wildman–Crippen LogP) is 1.24. The third-order valence-corrected chi connectivity index (χ3v) is 2.79. The van der Waals surface area contributed by atoms with Crippen LogP contribution < -0.4 is 5.73 Å². The minimum Gasteiger partial charge on any atom is -0.368 e. The number of hydrogen-bond donors (Lipinski definition) is 1. The van der Waals surface area contributed by atoms with Gasteiger partial charge in [-0.1, -0.05) is 0 Å². The lowest BCUT2D eigenvalue weighted by Crippen LogP contribution is -2.37. The molecular weight excluding hydrogens is 202 g/mol. The minimum atomic E-state index is 0.111. The van der Waals surface area contributed by atoms with Gasteiger partial charge in [-0.25, -0.2) is 9.97 Å². The van der Waals surface area contributed by atoms with E-state index in [1.807, 2.05) is 12.3 Å². The summed E-state index contributed by atoms with van der Waals surface area (Å²) in [6.07, 6.45) is 3.82. The van der Waals surface area contributed by atoms with Gasteiger partial charge in [0.05, 0.1) is 17.9 Å². The predicted molar refractivity (Wildman–Crippen MR) is 64.1 cm³/mol. The highest BCUT2D eigenvalue weighted by Gasteiger charge is 2.31. The van der Waals surface area contributed by atoms with E-state index in [0.717, 1.165) is 5.69 Å². The highest BCUT2D eigenvalue weighted by atomic mass is 15.3. The summed E-state index contributed by atoms with van der Waals surface area (Å²) >= 11 is 0. The van der Waals surface area contributed by atoms with E-state index in [1.54, 1.807) is 6.20 Å². The fourth-order valence-electron chi connectivity index (χ4n) is 2.13. The third kappa shape index (κ3) is 1.90. The number of aliphatic imine (C=N–C) groups is 1. The quantitative estimate of drug-likeness (QED) is 0.812. The van der Waals surface area contributed by atoms with E-state index in [-0.39, 0.29) is 12.2 Å². The van der Waals surface area contributed by atoms with Crippen LogP contribution in [0.4, 0.5) is 5.95 Å². The molecule has 0 radical (unpaired) electrons. The lowest BCUT2D eigenvalue weighted by atomic mass is 10.1. The van der Waals surface area contributed by atoms with Crippen molar-refractivity contribution in [3.8, 4) is 0 Å². The molecule has 86 valence electrons. The second-order valence-electron chi connectivity index (χ2n) is 4.26. The Morgan fingerprint density at radius 3 is 2.81 bits per heavy atom. The number of nitrogens with zero attached hydrogens (tertiary/aromatic N) is 4. The topological polar surface area (TPSA) is 67.4 Å². The van der Waals surface area contributed by atoms with Crippen LogP contribution in [0.1, 0.15) is 32.5 Å². The summed E-state index contributed by atoms with van der Waals surface area (Å²) in [5.74, 6) is 0.314. The summed E-state index contributed by atoms with van der Waals surface area (Å²) in [5.41, 5.74) is 6.51. The van der Waals surface area contributed by atoms with Crippen molar-refractivity contribution < 1.29 is 0 Å². The molecule has 1 aliphatic rings. The van der Waals surface area contributed by atoms with Crippen LogP contribution in [0.5, 0.6) is 0 Å². The van der Waals surface area contributed by atoms with Crippen molar-refractivity contribution in [2.75, 3.05) is 5.73 Å². The summed E-state index contributed by atoms with van der Waals surface area (Å²) in [5, 5.41) is 0. The van der Waals surface area contributed by atoms with Crippen molar-refractivity contribution in [3.05, 3.63) is 18.0 Å². The fourth-order valence-corrected chi connectivity index (χ4v) is 2.13. The van der Waals surface area contributed by atoms with Gasteiger partial charge in [-0.05, 0) is 26.8 Å². The molecule has 2 N–H and O–H groups in total. The van der Waals surface area contributed by atoms with Crippen LogP contribution in [0.3, 0.4) is 0 Å². The van der Waals surface area contributed by atoms with Crippen LogP contribution >= 0.6 is 0 Å². The first kappa shape index (κ1) is 11.0. The Morgan fingerprint density at radius 1 is 1.44 bits per heavy atom. The van der Waals surface area contributed by atoms with Gasteiger partial charge in [0, 0.05) is 18.5 Å². The molecule has 0 bridgehead atoms. The molecule has 16 heavy (non-hydrogen) atoms. The molecule has 2 unspecified atom stereocenters. The van der Waals surface area contributed by atoms with Crippen molar-refractivity contribution in [2.24, 2.45) is 4.99 Å². The highest BCUT2D eigenvalue weighted by Crippen LogP contribution is 2.27. The van der Waals surface area contributed by atoms with Gasteiger partial charge in [-0.15, -0.1) is 0 Å². The van der Waals surface area contributed by atoms with Crippen molar-refractivity contribution in [2.45, 2.75) is 39.0 Å². The summed E-state index contributed by atoms with van der Waals surface area (Å²) in [4.78, 5) is 14.9. The fraction of sp³-hybridized carbons (Fsp3) is 0.545. The maximum Gasteiger partial charge on any atom is 0.220 e. The van der Waals surface area contributed by atoms with Gasteiger partial charge in [0.15, 0.2) is 0 Å². The summed E-state index contributed by atoms with van der Waals surface area (Å²) in [7, 11) is 0. The average Bonchev–Trinajstić information content (AvgIpc) is 2.60. The smallest absolute Gasteiger partial charge is 0.220 e. The van der Waals surface area contributed by atoms with Gasteiger partial charge in [-0.3, -0.25) is 9.89 Å². The molecule has 5 heteroatoms. The summed E-state index contributed by atoms with van der Waals surface area (Å²) < 4.78 is 0. The van der Waals surface area contributed by atoms with E-state index in [0.29, 0.717) is 12.0 Å². The Bertz CT molecular complexity index is 401. The maximum absolute atomic E-state index is 5.60. The van der Waals surface area contributed by atoms with E-state index in [4.69, 9.17) is 5.73 Å². The third-order valence-electron chi connectivity index (χ3n) is 2.79. The molecule has 2 rings (SSSR count). The minimum absolute atomic E-state index is 0.111. The van der Waals surface area contributed by atoms with Crippen molar-refractivity contribution in [1.82, 2.24) is 14.9 Å². The molecule has 0 saturated heterocycles. The summed E-state index contributed by atoms with van der Waals surface area (Å²) in [6.45, 7) is 6.40. The lowest BCUT2D eigenvalue weighted by Gasteiger charge is -2.30. The van der Waals surface area contributed by atoms with Crippen LogP contribution in [0.2, 0.25) is 0 Å². The first-order chi connectivity index (χ1) is 7.59. The number of rotatable bonds is 2. The molecule has 0 saturated carbocycles. The Morgan fingerprint density at radius 2 is 2.19 bits per heavy atom. The van der Waals surface area contributed by atoms with E-state index in [2.05, 4.69) is 40.6 Å². The lowest BCUT2D eigenvalue weighted by molar-refractivity contribution is 0.162. The number of nitrogen functional groups attached to an aromatic ring is 1. The van der Waals surface area contributed by atoms with Crippen molar-refractivity contribution in [1.29, 1.82) is 0 Å². The zero-order valence-corrected chi connectivity index (χ0v) is 9.83. The van der Waals surface area contributed by atoms with Crippen LogP contribution in [0.15, 0.2) is 17.3 Å². The largest absolute Gasteiger partial charge is 0.368 e. The Hall–Kier alpha value is -1.49. The molecule has 1 aromatic rings. The zero-order chi connectivity index (χ0) is 11.7. The van der Waals surface area contributed by atoms with Gasteiger partial charge < -0.3 is 5.73 Å². The number of hydrogen-bond acceptors (Lipinski definition) is 5. The number of nitrogens with two attached hydrogens (primary N) is 1. The number of anilines is 1. The Balaban J connectivity index is 2.30. The van der Waals surface area contributed by atoms with Crippen LogP contribution in [0, 0.1) is 0 Å². The molecule has 2 atom stereocenters.